The van der Waals surface area contributed by atoms with Crippen LogP contribution in [0.1, 0.15) is 52.7 Å². The second kappa shape index (κ2) is 5.66. The third-order valence-corrected chi connectivity index (χ3v) is 10.1. The Hall–Kier alpha value is -1.21. The molecule has 3 heteroatoms. The maximum absolute atomic E-state index is 12.1. The van der Waals surface area contributed by atoms with Gasteiger partial charge in [-0.05, 0) is 0 Å². The number of aryl methyl sites for hydroxylation is 1. The summed E-state index contributed by atoms with van der Waals surface area (Å²) in [6, 6.07) is 15.2. The standard InChI is InChI=1S/C21H31O2P/c1-16-12-11-15-18(19(16)20(2,3)4)24(22,23,21(5,6)7)17-13-9-8-10-14-17/h8-15,22-23H,1-7H3. The summed E-state index contributed by atoms with van der Waals surface area (Å²) >= 11 is 0. The van der Waals surface area contributed by atoms with Crippen molar-refractivity contribution in [2.45, 2.75) is 59.0 Å². The van der Waals surface area contributed by atoms with Gasteiger partial charge < -0.3 is 0 Å². The van der Waals surface area contributed by atoms with E-state index in [9.17, 15) is 9.79 Å². The molecule has 0 radical (unpaired) electrons. The van der Waals surface area contributed by atoms with Crippen molar-refractivity contribution < 1.29 is 9.79 Å². The normalized spacial score (nSPS) is 15.0. The summed E-state index contributed by atoms with van der Waals surface area (Å²) in [5, 5.41) is 0.597. The number of hydrogen-bond acceptors (Lipinski definition) is 2. The van der Waals surface area contributed by atoms with E-state index in [-0.39, 0.29) is 5.41 Å². The topological polar surface area (TPSA) is 40.5 Å². The van der Waals surface area contributed by atoms with Crippen molar-refractivity contribution in [3.63, 3.8) is 0 Å². The first-order valence-electron chi connectivity index (χ1n) is 8.48. The molecule has 0 aliphatic rings. The second-order valence-corrected chi connectivity index (χ2v) is 13.1. The van der Waals surface area contributed by atoms with Crippen molar-refractivity contribution in [1.82, 2.24) is 0 Å². The number of benzene rings is 2. The van der Waals surface area contributed by atoms with Crippen molar-refractivity contribution in [3.8, 4) is 0 Å². The molecule has 2 nitrogen and oxygen atoms in total. The summed E-state index contributed by atoms with van der Waals surface area (Å²) in [6.07, 6.45) is 0. The molecule has 0 spiro atoms. The molecule has 0 saturated carbocycles. The minimum atomic E-state index is -4.39. The van der Waals surface area contributed by atoms with E-state index in [0.29, 0.717) is 10.6 Å². The van der Waals surface area contributed by atoms with E-state index in [4.69, 9.17) is 0 Å². The summed E-state index contributed by atoms with van der Waals surface area (Å²) in [7, 11) is -4.39. The zero-order valence-electron chi connectivity index (χ0n) is 16.0. The molecule has 24 heavy (non-hydrogen) atoms. The van der Waals surface area contributed by atoms with Crippen molar-refractivity contribution in [2.24, 2.45) is 0 Å². The van der Waals surface area contributed by atoms with Gasteiger partial charge in [0.2, 0.25) is 0 Å². The number of hydrogen-bond donors (Lipinski definition) is 2. The van der Waals surface area contributed by atoms with E-state index in [1.807, 2.05) is 63.2 Å². The summed E-state index contributed by atoms with van der Waals surface area (Å²) < 4.78 is 0. The van der Waals surface area contributed by atoms with Gasteiger partial charge in [0.1, 0.15) is 0 Å². The molecule has 132 valence electrons. The Bertz CT molecular complexity index is 735. The molecular formula is C21H31O2P. The van der Waals surface area contributed by atoms with E-state index in [0.717, 1.165) is 11.1 Å². The predicted octanol–water partition coefficient (Wildman–Crippen LogP) is 4.41. The summed E-state index contributed by atoms with van der Waals surface area (Å²) in [6.45, 7) is 14.2. The monoisotopic (exact) mass is 346 g/mol. The van der Waals surface area contributed by atoms with Crippen LogP contribution in [0.2, 0.25) is 0 Å². The van der Waals surface area contributed by atoms with E-state index in [1.165, 1.54) is 0 Å². The van der Waals surface area contributed by atoms with E-state index < -0.39 is 12.2 Å². The van der Waals surface area contributed by atoms with Gasteiger partial charge in [0, 0.05) is 0 Å². The van der Waals surface area contributed by atoms with Crippen molar-refractivity contribution >= 4 is 17.7 Å². The zero-order valence-corrected chi connectivity index (χ0v) is 16.9. The fourth-order valence-corrected chi connectivity index (χ4v) is 7.40. The van der Waals surface area contributed by atoms with Crippen LogP contribution < -0.4 is 10.6 Å². The quantitative estimate of drug-likeness (QED) is 0.791. The average molecular weight is 346 g/mol. The fourth-order valence-electron chi connectivity index (χ4n) is 3.58. The van der Waals surface area contributed by atoms with Gasteiger partial charge >= 0.3 is 146 Å². The molecule has 2 aromatic carbocycles. The minimum absolute atomic E-state index is 0.185. The third-order valence-electron chi connectivity index (χ3n) is 4.97. The summed E-state index contributed by atoms with van der Waals surface area (Å²) in [5.74, 6) is 0. The molecule has 0 heterocycles. The third kappa shape index (κ3) is 2.71. The average Bonchev–Trinajstić information content (AvgIpc) is 2.45. The molecule has 0 bridgehead atoms. The molecular weight excluding hydrogens is 315 g/mol. The first-order chi connectivity index (χ1) is 10.8. The molecule has 0 aliphatic carbocycles. The van der Waals surface area contributed by atoms with Gasteiger partial charge in [0.05, 0.1) is 0 Å². The van der Waals surface area contributed by atoms with Crippen LogP contribution in [0.3, 0.4) is 0 Å². The van der Waals surface area contributed by atoms with Crippen molar-refractivity contribution in [2.75, 3.05) is 0 Å². The van der Waals surface area contributed by atoms with Crippen LogP contribution in [0.4, 0.5) is 0 Å². The Morgan fingerprint density at radius 1 is 0.750 bits per heavy atom. The van der Waals surface area contributed by atoms with Crippen molar-refractivity contribution in [3.05, 3.63) is 59.7 Å². The van der Waals surface area contributed by atoms with Crippen LogP contribution in [0.5, 0.6) is 0 Å². The molecule has 0 unspecified atom stereocenters. The Morgan fingerprint density at radius 3 is 1.75 bits per heavy atom. The Morgan fingerprint density at radius 2 is 1.29 bits per heavy atom. The SMILES string of the molecule is Cc1cccc(P(O)(O)(c2ccccc2)C(C)(C)C)c1C(C)(C)C. The van der Waals surface area contributed by atoms with Crippen molar-refractivity contribution in [1.29, 1.82) is 0 Å². The molecule has 0 amide bonds. The first kappa shape index (κ1) is 19.1. The molecule has 0 fully saturated rings. The summed E-state index contributed by atoms with van der Waals surface area (Å²) in [5.41, 5.74) is 1.94. The van der Waals surface area contributed by atoms with Gasteiger partial charge in [-0.1, -0.05) is 0 Å². The van der Waals surface area contributed by atoms with Gasteiger partial charge in [-0.2, -0.15) is 0 Å². The zero-order chi connectivity index (χ0) is 18.4. The van der Waals surface area contributed by atoms with Crippen LogP contribution in [0.25, 0.3) is 0 Å². The Labute approximate surface area is 146 Å². The molecule has 0 aromatic heterocycles. The van der Waals surface area contributed by atoms with Crippen LogP contribution in [0, 0.1) is 6.92 Å². The molecule has 0 atom stereocenters. The molecule has 2 aromatic rings. The molecule has 2 N–H and O–H groups in total. The number of rotatable bonds is 2. The van der Waals surface area contributed by atoms with E-state index in [2.05, 4.69) is 33.8 Å². The first-order valence-corrected chi connectivity index (χ1v) is 10.6. The molecule has 2 rings (SSSR count). The maximum atomic E-state index is 12.1. The molecule has 0 aliphatic heterocycles. The van der Waals surface area contributed by atoms with Gasteiger partial charge in [-0.3, -0.25) is 0 Å². The van der Waals surface area contributed by atoms with E-state index >= 15 is 0 Å². The fraction of sp³-hybridized carbons (Fsp3) is 0.429. The van der Waals surface area contributed by atoms with Crippen LogP contribution in [-0.2, 0) is 5.41 Å². The van der Waals surface area contributed by atoms with E-state index in [1.54, 1.807) is 0 Å². The van der Waals surface area contributed by atoms with Gasteiger partial charge in [0.15, 0.2) is 0 Å². The Balaban J connectivity index is 3.01. The summed E-state index contributed by atoms with van der Waals surface area (Å²) in [4.78, 5) is 24.2. The van der Waals surface area contributed by atoms with Gasteiger partial charge in [-0.15, -0.1) is 0 Å². The predicted molar refractivity (Wildman–Crippen MR) is 107 cm³/mol. The van der Waals surface area contributed by atoms with Crippen LogP contribution in [0.15, 0.2) is 48.5 Å². The Kier molecular flexibility index (Phi) is 4.51. The van der Waals surface area contributed by atoms with Crippen LogP contribution in [-0.4, -0.2) is 14.9 Å². The van der Waals surface area contributed by atoms with Crippen LogP contribution >= 0.6 is 7.06 Å². The molecule has 0 saturated heterocycles. The second-order valence-electron chi connectivity index (χ2n) is 8.75. The van der Waals surface area contributed by atoms with Gasteiger partial charge in [-0.25, -0.2) is 0 Å². The van der Waals surface area contributed by atoms with Gasteiger partial charge in [0.25, 0.3) is 0 Å².